The summed E-state index contributed by atoms with van der Waals surface area (Å²) in [6, 6.07) is 0.0724. The van der Waals surface area contributed by atoms with Crippen LogP contribution in [-0.2, 0) is 16.8 Å². The summed E-state index contributed by atoms with van der Waals surface area (Å²) >= 11 is 0. The molecule has 1 fully saturated rings. The molecule has 1 aliphatic carbocycles. The van der Waals surface area contributed by atoms with E-state index in [1.807, 2.05) is 0 Å². The number of methoxy groups -OCH3 is 1. The second kappa shape index (κ2) is 6.88. The van der Waals surface area contributed by atoms with Crippen molar-refractivity contribution in [1.29, 1.82) is 0 Å². The van der Waals surface area contributed by atoms with E-state index in [4.69, 9.17) is 15.0 Å². The summed E-state index contributed by atoms with van der Waals surface area (Å²) in [7, 11) is 1.75. The average molecular weight is 295 g/mol. The van der Waals surface area contributed by atoms with Gasteiger partial charge in [-0.3, -0.25) is 0 Å². The minimum Gasteiger partial charge on any atom is -0.370 e. The zero-order valence-electron chi connectivity index (χ0n) is 13.8. The van der Waals surface area contributed by atoms with Gasteiger partial charge in [0.15, 0.2) is 0 Å². The number of ether oxygens (including phenoxy) is 1. The zero-order chi connectivity index (χ0) is 15.5. The number of hydrogen-bond acceptors (Lipinski definition) is 5. The first-order valence-corrected chi connectivity index (χ1v) is 8.09. The molecule has 1 saturated carbocycles. The minimum atomic E-state index is -0.365. The predicted molar refractivity (Wildman–Crippen MR) is 81.8 cm³/mol. The Morgan fingerprint density at radius 1 is 1.38 bits per heavy atom. The molecule has 0 radical (unpaired) electrons. The largest absolute Gasteiger partial charge is 0.370 e. The van der Waals surface area contributed by atoms with Gasteiger partial charge < -0.3 is 15.0 Å². The molecule has 2 N–H and O–H groups in total. The van der Waals surface area contributed by atoms with Gasteiger partial charge in [-0.1, -0.05) is 25.9 Å². The Hall–Kier alpha value is -0.940. The van der Waals surface area contributed by atoms with Crippen LogP contribution in [-0.4, -0.2) is 23.3 Å². The second-order valence-electron chi connectivity index (χ2n) is 6.99. The topological polar surface area (TPSA) is 74.2 Å². The Bertz CT molecular complexity index is 436. The molecule has 0 aliphatic heterocycles. The quantitative estimate of drug-likeness (QED) is 0.873. The van der Waals surface area contributed by atoms with Gasteiger partial charge in [0.1, 0.15) is 5.60 Å². The van der Waals surface area contributed by atoms with Crippen molar-refractivity contribution < 1.29 is 9.26 Å². The normalized spacial score (nSPS) is 28.0. The van der Waals surface area contributed by atoms with E-state index in [2.05, 4.69) is 30.9 Å². The van der Waals surface area contributed by atoms with E-state index in [0.717, 1.165) is 38.0 Å². The fourth-order valence-corrected chi connectivity index (χ4v) is 3.18. The van der Waals surface area contributed by atoms with Crippen molar-refractivity contribution in [1.82, 2.24) is 10.1 Å². The summed E-state index contributed by atoms with van der Waals surface area (Å²) in [4.78, 5) is 4.57. The second-order valence-corrected chi connectivity index (χ2v) is 6.99. The molecule has 0 saturated heterocycles. The van der Waals surface area contributed by atoms with Crippen LogP contribution in [0.5, 0.6) is 0 Å². The molecule has 0 amide bonds. The maximum atomic E-state index is 6.12. The van der Waals surface area contributed by atoms with Crippen molar-refractivity contribution >= 4 is 0 Å². The Morgan fingerprint density at radius 2 is 2.05 bits per heavy atom. The van der Waals surface area contributed by atoms with Crippen LogP contribution in [0.25, 0.3) is 0 Å². The Kier molecular flexibility index (Phi) is 5.38. The highest BCUT2D eigenvalue weighted by Gasteiger charge is 2.40. The number of nitrogens with zero attached hydrogens (tertiary/aromatic N) is 2. The SMILES string of the molecule is COC1(c2noc(CC(N)CC(C)C)n2)CCC(C)CC1. The fourth-order valence-electron chi connectivity index (χ4n) is 3.18. The number of nitrogens with two attached hydrogens (primary N) is 1. The summed E-state index contributed by atoms with van der Waals surface area (Å²) in [5.74, 6) is 2.66. The summed E-state index contributed by atoms with van der Waals surface area (Å²) in [5.41, 5.74) is 5.75. The predicted octanol–water partition coefficient (Wildman–Crippen LogP) is 3.04. The molecule has 1 aliphatic rings. The van der Waals surface area contributed by atoms with Crippen LogP contribution < -0.4 is 5.73 Å². The van der Waals surface area contributed by atoms with Gasteiger partial charge in [-0.05, 0) is 43.9 Å². The maximum absolute atomic E-state index is 6.12. The first kappa shape index (κ1) is 16.4. The maximum Gasteiger partial charge on any atom is 0.228 e. The van der Waals surface area contributed by atoms with E-state index >= 15 is 0 Å². The third-order valence-electron chi connectivity index (χ3n) is 4.56. The van der Waals surface area contributed by atoms with Gasteiger partial charge in [0.05, 0.1) is 0 Å². The van der Waals surface area contributed by atoms with E-state index in [0.29, 0.717) is 24.1 Å². The highest BCUT2D eigenvalue weighted by molar-refractivity contribution is 5.04. The van der Waals surface area contributed by atoms with Gasteiger partial charge in [0.2, 0.25) is 11.7 Å². The molecule has 1 atom stereocenters. The van der Waals surface area contributed by atoms with E-state index in [1.165, 1.54) is 0 Å². The zero-order valence-corrected chi connectivity index (χ0v) is 13.8. The summed E-state index contributed by atoms with van der Waals surface area (Å²) in [5, 5.41) is 4.17. The number of hydrogen-bond donors (Lipinski definition) is 1. The van der Waals surface area contributed by atoms with E-state index < -0.39 is 0 Å². The molecule has 120 valence electrons. The van der Waals surface area contributed by atoms with Crippen LogP contribution >= 0.6 is 0 Å². The Labute approximate surface area is 127 Å². The van der Waals surface area contributed by atoms with E-state index in [1.54, 1.807) is 7.11 Å². The van der Waals surface area contributed by atoms with Crippen molar-refractivity contribution in [2.24, 2.45) is 17.6 Å². The molecular formula is C16H29N3O2. The number of aromatic nitrogens is 2. The fraction of sp³-hybridized carbons (Fsp3) is 0.875. The lowest BCUT2D eigenvalue weighted by molar-refractivity contribution is -0.0609. The van der Waals surface area contributed by atoms with Crippen LogP contribution in [0, 0.1) is 11.8 Å². The lowest BCUT2D eigenvalue weighted by atomic mass is 9.79. The standard InChI is InChI=1S/C16H29N3O2/c1-11(2)9-13(17)10-14-18-15(19-21-14)16(20-4)7-5-12(3)6-8-16/h11-13H,5-10,17H2,1-4H3. The van der Waals surface area contributed by atoms with Gasteiger partial charge in [0.25, 0.3) is 0 Å². The minimum absolute atomic E-state index is 0.0724. The van der Waals surface area contributed by atoms with Crippen molar-refractivity contribution in [3.63, 3.8) is 0 Å². The van der Waals surface area contributed by atoms with Gasteiger partial charge in [0, 0.05) is 19.6 Å². The molecule has 5 nitrogen and oxygen atoms in total. The molecule has 21 heavy (non-hydrogen) atoms. The molecule has 1 heterocycles. The summed E-state index contributed by atoms with van der Waals surface area (Å²) in [6.07, 6.45) is 5.81. The monoisotopic (exact) mass is 295 g/mol. The van der Waals surface area contributed by atoms with Crippen LogP contribution in [0.3, 0.4) is 0 Å². The molecule has 0 aromatic carbocycles. The molecule has 1 aromatic heterocycles. The molecule has 0 spiro atoms. The van der Waals surface area contributed by atoms with Crippen LogP contribution in [0.15, 0.2) is 4.52 Å². The first-order valence-electron chi connectivity index (χ1n) is 8.09. The van der Waals surface area contributed by atoms with Gasteiger partial charge in [-0.15, -0.1) is 0 Å². The van der Waals surface area contributed by atoms with Gasteiger partial charge >= 0.3 is 0 Å². The van der Waals surface area contributed by atoms with Crippen molar-refractivity contribution in [2.45, 2.75) is 70.9 Å². The van der Waals surface area contributed by atoms with Crippen molar-refractivity contribution in [3.05, 3.63) is 11.7 Å². The van der Waals surface area contributed by atoms with Gasteiger partial charge in [-0.25, -0.2) is 0 Å². The average Bonchev–Trinajstić information content (AvgIpc) is 2.88. The van der Waals surface area contributed by atoms with Crippen LogP contribution in [0.1, 0.15) is 64.6 Å². The lowest BCUT2D eigenvalue weighted by Gasteiger charge is -2.35. The highest BCUT2D eigenvalue weighted by atomic mass is 16.5. The van der Waals surface area contributed by atoms with E-state index in [9.17, 15) is 0 Å². The van der Waals surface area contributed by atoms with Crippen molar-refractivity contribution in [3.8, 4) is 0 Å². The Morgan fingerprint density at radius 3 is 2.62 bits per heavy atom. The van der Waals surface area contributed by atoms with Crippen LogP contribution in [0.2, 0.25) is 0 Å². The molecule has 2 rings (SSSR count). The summed E-state index contributed by atoms with van der Waals surface area (Å²) < 4.78 is 11.2. The number of rotatable bonds is 6. The third-order valence-corrected chi connectivity index (χ3v) is 4.56. The lowest BCUT2D eigenvalue weighted by Crippen LogP contribution is -2.34. The molecule has 5 heteroatoms. The molecule has 0 bridgehead atoms. The van der Waals surface area contributed by atoms with E-state index in [-0.39, 0.29) is 11.6 Å². The van der Waals surface area contributed by atoms with Crippen molar-refractivity contribution in [2.75, 3.05) is 7.11 Å². The smallest absolute Gasteiger partial charge is 0.228 e. The molecular weight excluding hydrogens is 266 g/mol. The Balaban J connectivity index is 2.04. The summed E-state index contributed by atoms with van der Waals surface area (Å²) in [6.45, 7) is 6.62. The molecule has 1 unspecified atom stereocenters. The highest BCUT2D eigenvalue weighted by Crippen LogP contribution is 2.40. The third kappa shape index (κ3) is 4.04. The first-order chi connectivity index (χ1) is 9.95. The molecule has 1 aromatic rings. The van der Waals surface area contributed by atoms with Crippen LogP contribution in [0.4, 0.5) is 0 Å². The van der Waals surface area contributed by atoms with Gasteiger partial charge in [-0.2, -0.15) is 4.98 Å².